The van der Waals surface area contributed by atoms with E-state index >= 15 is 0 Å². The van der Waals surface area contributed by atoms with Crippen molar-refractivity contribution in [3.05, 3.63) is 42.5 Å². The molecule has 0 heterocycles. The van der Waals surface area contributed by atoms with Gasteiger partial charge in [0.25, 0.3) is 0 Å². The van der Waals surface area contributed by atoms with Gasteiger partial charge in [-0.25, -0.2) is 0 Å². The standard InChI is InChI=1S/C14H21N/c1-4-6-7-12(3)15-14-10-8-13(5-2)9-11-14/h4,8-12,15H,1,5-7H2,2-3H3. The third-order valence-corrected chi connectivity index (χ3v) is 2.58. The summed E-state index contributed by atoms with van der Waals surface area (Å²) in [4.78, 5) is 0. The fraction of sp³-hybridized carbons (Fsp3) is 0.429. The summed E-state index contributed by atoms with van der Waals surface area (Å²) in [5.74, 6) is 0. The molecule has 0 spiro atoms. The van der Waals surface area contributed by atoms with Crippen molar-refractivity contribution in [3.63, 3.8) is 0 Å². The van der Waals surface area contributed by atoms with E-state index in [1.807, 2.05) is 6.08 Å². The summed E-state index contributed by atoms with van der Waals surface area (Å²) >= 11 is 0. The van der Waals surface area contributed by atoms with Crippen molar-refractivity contribution < 1.29 is 0 Å². The second kappa shape index (κ2) is 6.28. The molecule has 0 fully saturated rings. The van der Waals surface area contributed by atoms with Crippen LogP contribution in [-0.4, -0.2) is 6.04 Å². The second-order valence-corrected chi connectivity index (χ2v) is 3.96. The van der Waals surface area contributed by atoms with E-state index in [-0.39, 0.29) is 0 Å². The normalized spacial score (nSPS) is 12.1. The van der Waals surface area contributed by atoms with Crippen molar-refractivity contribution in [2.24, 2.45) is 0 Å². The van der Waals surface area contributed by atoms with E-state index in [0.29, 0.717) is 6.04 Å². The Morgan fingerprint density at radius 3 is 2.53 bits per heavy atom. The Labute approximate surface area is 93.2 Å². The molecule has 82 valence electrons. The lowest BCUT2D eigenvalue weighted by atomic mass is 10.1. The van der Waals surface area contributed by atoms with Gasteiger partial charge in [-0.15, -0.1) is 6.58 Å². The molecule has 1 aromatic carbocycles. The van der Waals surface area contributed by atoms with E-state index in [0.717, 1.165) is 19.3 Å². The Morgan fingerprint density at radius 1 is 1.33 bits per heavy atom. The van der Waals surface area contributed by atoms with Crippen LogP contribution in [0.15, 0.2) is 36.9 Å². The number of allylic oxidation sites excluding steroid dienone is 1. The number of benzene rings is 1. The van der Waals surface area contributed by atoms with Crippen LogP contribution in [0, 0.1) is 0 Å². The predicted molar refractivity (Wildman–Crippen MR) is 68.3 cm³/mol. The van der Waals surface area contributed by atoms with Crippen LogP contribution in [-0.2, 0) is 6.42 Å². The molecule has 1 N–H and O–H groups in total. The number of anilines is 1. The van der Waals surface area contributed by atoms with Gasteiger partial charge in [0.1, 0.15) is 0 Å². The maximum Gasteiger partial charge on any atom is 0.0342 e. The van der Waals surface area contributed by atoms with E-state index in [9.17, 15) is 0 Å². The third kappa shape index (κ3) is 4.20. The molecule has 15 heavy (non-hydrogen) atoms. The molecule has 0 saturated heterocycles. The molecule has 1 aromatic rings. The van der Waals surface area contributed by atoms with E-state index < -0.39 is 0 Å². The largest absolute Gasteiger partial charge is 0.383 e. The average molecular weight is 203 g/mol. The number of aryl methyl sites for hydroxylation is 1. The van der Waals surface area contributed by atoms with Gasteiger partial charge >= 0.3 is 0 Å². The molecule has 1 rings (SSSR count). The first-order valence-electron chi connectivity index (χ1n) is 5.72. The molecule has 0 aliphatic rings. The molecule has 0 aliphatic heterocycles. The minimum Gasteiger partial charge on any atom is -0.383 e. The van der Waals surface area contributed by atoms with Crippen LogP contribution in [0.4, 0.5) is 5.69 Å². The SMILES string of the molecule is C=CCCC(C)Nc1ccc(CC)cc1. The molecule has 0 aromatic heterocycles. The van der Waals surface area contributed by atoms with E-state index in [2.05, 4.69) is 50.0 Å². The highest BCUT2D eigenvalue weighted by molar-refractivity contribution is 5.45. The zero-order valence-corrected chi connectivity index (χ0v) is 9.79. The summed E-state index contributed by atoms with van der Waals surface area (Å²) in [6, 6.07) is 9.19. The number of rotatable bonds is 6. The highest BCUT2D eigenvalue weighted by atomic mass is 14.9. The van der Waals surface area contributed by atoms with Gasteiger partial charge in [-0.2, -0.15) is 0 Å². The van der Waals surface area contributed by atoms with Gasteiger partial charge in [-0.05, 0) is 43.9 Å². The Morgan fingerprint density at radius 2 is 2.00 bits per heavy atom. The van der Waals surface area contributed by atoms with E-state index in [4.69, 9.17) is 0 Å². The van der Waals surface area contributed by atoms with Crippen LogP contribution >= 0.6 is 0 Å². The molecule has 1 nitrogen and oxygen atoms in total. The molecule has 1 atom stereocenters. The van der Waals surface area contributed by atoms with Crippen molar-refractivity contribution in [2.75, 3.05) is 5.32 Å². The van der Waals surface area contributed by atoms with Crippen molar-refractivity contribution in [1.82, 2.24) is 0 Å². The number of hydrogen-bond donors (Lipinski definition) is 1. The van der Waals surface area contributed by atoms with Gasteiger partial charge in [0, 0.05) is 11.7 Å². The first kappa shape index (κ1) is 11.8. The minimum atomic E-state index is 0.510. The van der Waals surface area contributed by atoms with Crippen LogP contribution in [0.3, 0.4) is 0 Å². The molecular formula is C14H21N. The summed E-state index contributed by atoms with van der Waals surface area (Å²) in [7, 11) is 0. The van der Waals surface area contributed by atoms with Crippen molar-refractivity contribution in [3.8, 4) is 0 Å². The molecule has 0 radical (unpaired) electrons. The van der Waals surface area contributed by atoms with Crippen LogP contribution in [0.5, 0.6) is 0 Å². The predicted octanol–water partition coefficient (Wildman–Crippen LogP) is 4.02. The maximum absolute atomic E-state index is 3.73. The molecule has 1 heteroatoms. The summed E-state index contributed by atoms with van der Waals surface area (Å²) in [5.41, 5.74) is 2.60. The van der Waals surface area contributed by atoms with Crippen LogP contribution in [0.25, 0.3) is 0 Å². The molecule has 0 aliphatic carbocycles. The summed E-state index contributed by atoms with van der Waals surface area (Å²) in [5, 5.41) is 3.48. The molecular weight excluding hydrogens is 182 g/mol. The van der Waals surface area contributed by atoms with Gasteiger partial charge in [-0.1, -0.05) is 25.1 Å². The van der Waals surface area contributed by atoms with Gasteiger partial charge in [0.05, 0.1) is 0 Å². The number of nitrogens with one attached hydrogen (secondary N) is 1. The van der Waals surface area contributed by atoms with Crippen LogP contribution < -0.4 is 5.32 Å². The monoisotopic (exact) mass is 203 g/mol. The zero-order chi connectivity index (χ0) is 11.1. The Hall–Kier alpha value is -1.24. The third-order valence-electron chi connectivity index (χ3n) is 2.58. The lowest BCUT2D eigenvalue weighted by Gasteiger charge is -2.14. The second-order valence-electron chi connectivity index (χ2n) is 3.96. The molecule has 1 unspecified atom stereocenters. The summed E-state index contributed by atoms with van der Waals surface area (Å²) in [6.45, 7) is 8.12. The first-order valence-corrected chi connectivity index (χ1v) is 5.72. The van der Waals surface area contributed by atoms with Crippen molar-refractivity contribution >= 4 is 5.69 Å². The quantitative estimate of drug-likeness (QED) is 0.689. The Kier molecular flexibility index (Phi) is 4.96. The highest BCUT2D eigenvalue weighted by Crippen LogP contribution is 2.12. The summed E-state index contributed by atoms with van der Waals surface area (Å²) in [6.07, 6.45) is 5.28. The van der Waals surface area contributed by atoms with Gasteiger partial charge in [-0.3, -0.25) is 0 Å². The van der Waals surface area contributed by atoms with E-state index in [1.165, 1.54) is 11.3 Å². The Balaban J connectivity index is 2.45. The highest BCUT2D eigenvalue weighted by Gasteiger charge is 2.00. The molecule has 0 saturated carbocycles. The fourth-order valence-electron chi connectivity index (χ4n) is 1.56. The van der Waals surface area contributed by atoms with Crippen molar-refractivity contribution in [1.29, 1.82) is 0 Å². The Bertz CT molecular complexity index is 287. The van der Waals surface area contributed by atoms with Gasteiger partial charge in [0.15, 0.2) is 0 Å². The van der Waals surface area contributed by atoms with Crippen LogP contribution in [0.2, 0.25) is 0 Å². The van der Waals surface area contributed by atoms with Crippen LogP contribution in [0.1, 0.15) is 32.3 Å². The fourth-order valence-corrected chi connectivity index (χ4v) is 1.56. The lowest BCUT2D eigenvalue weighted by molar-refractivity contribution is 0.719. The maximum atomic E-state index is 3.73. The number of hydrogen-bond acceptors (Lipinski definition) is 1. The van der Waals surface area contributed by atoms with E-state index in [1.54, 1.807) is 0 Å². The average Bonchev–Trinajstić information content (AvgIpc) is 2.27. The first-order chi connectivity index (χ1) is 7.26. The smallest absolute Gasteiger partial charge is 0.0342 e. The minimum absolute atomic E-state index is 0.510. The zero-order valence-electron chi connectivity index (χ0n) is 9.79. The van der Waals surface area contributed by atoms with Gasteiger partial charge in [0.2, 0.25) is 0 Å². The lowest BCUT2D eigenvalue weighted by Crippen LogP contribution is -2.14. The summed E-state index contributed by atoms with van der Waals surface area (Å²) < 4.78 is 0. The topological polar surface area (TPSA) is 12.0 Å². The van der Waals surface area contributed by atoms with Crippen molar-refractivity contribution in [2.45, 2.75) is 39.2 Å². The molecule has 0 bridgehead atoms. The van der Waals surface area contributed by atoms with Gasteiger partial charge < -0.3 is 5.32 Å². The molecule has 0 amide bonds.